The first-order valence-electron chi connectivity index (χ1n) is 5.48. The van der Waals surface area contributed by atoms with Crippen molar-refractivity contribution >= 4 is 6.08 Å². The van der Waals surface area contributed by atoms with E-state index < -0.39 is 0 Å². The third kappa shape index (κ3) is 2.83. The molecule has 2 nitrogen and oxygen atoms in total. The minimum atomic E-state index is 0.322. The number of hydrogen-bond acceptors (Lipinski definition) is 2. The van der Waals surface area contributed by atoms with E-state index in [0.29, 0.717) is 11.8 Å². The van der Waals surface area contributed by atoms with Gasteiger partial charge in [0.1, 0.15) is 5.75 Å². The third-order valence-electron chi connectivity index (χ3n) is 2.94. The average molecular weight is 203 g/mol. The highest BCUT2D eigenvalue weighted by Gasteiger charge is 2.11. The van der Waals surface area contributed by atoms with E-state index in [0.717, 1.165) is 25.7 Å². The molecule has 1 fully saturated rings. The van der Waals surface area contributed by atoms with Crippen LogP contribution in [0.3, 0.4) is 0 Å². The summed E-state index contributed by atoms with van der Waals surface area (Å²) in [6.07, 6.45) is 6.64. The van der Waals surface area contributed by atoms with Crippen LogP contribution in [0.15, 0.2) is 29.8 Å². The predicted octanol–water partition coefficient (Wildman–Crippen LogP) is 2.68. The summed E-state index contributed by atoms with van der Waals surface area (Å²) in [4.78, 5) is 0. The van der Waals surface area contributed by atoms with Gasteiger partial charge in [0.15, 0.2) is 0 Å². The lowest BCUT2D eigenvalue weighted by Gasteiger charge is -2.20. The van der Waals surface area contributed by atoms with Gasteiger partial charge < -0.3 is 10.8 Å². The molecule has 2 rings (SSSR count). The Labute approximate surface area is 90.4 Å². The minimum absolute atomic E-state index is 0.322. The second-order valence-electron chi connectivity index (χ2n) is 4.23. The normalized spacial score (nSPS) is 21.4. The fourth-order valence-corrected chi connectivity index (χ4v) is 1.96. The molecule has 0 aliphatic heterocycles. The second-order valence-corrected chi connectivity index (χ2v) is 4.23. The van der Waals surface area contributed by atoms with E-state index in [-0.39, 0.29) is 0 Å². The Hall–Kier alpha value is -1.28. The van der Waals surface area contributed by atoms with E-state index in [1.165, 1.54) is 11.1 Å². The Morgan fingerprint density at radius 3 is 2.33 bits per heavy atom. The summed E-state index contributed by atoms with van der Waals surface area (Å²) in [6.45, 7) is 0. The number of nitrogens with two attached hydrogens (primary N) is 1. The highest BCUT2D eigenvalue weighted by molar-refractivity contribution is 5.54. The largest absolute Gasteiger partial charge is 0.508 e. The van der Waals surface area contributed by atoms with Crippen LogP contribution in [-0.2, 0) is 0 Å². The molecule has 0 heterocycles. The first-order valence-corrected chi connectivity index (χ1v) is 5.48. The fourth-order valence-electron chi connectivity index (χ4n) is 1.96. The first-order chi connectivity index (χ1) is 7.24. The van der Waals surface area contributed by atoms with Crippen molar-refractivity contribution in [3.63, 3.8) is 0 Å². The van der Waals surface area contributed by atoms with Crippen LogP contribution in [0.4, 0.5) is 0 Å². The van der Waals surface area contributed by atoms with E-state index in [1.54, 1.807) is 12.1 Å². The zero-order valence-electron chi connectivity index (χ0n) is 8.82. The van der Waals surface area contributed by atoms with Crippen molar-refractivity contribution in [3.8, 4) is 5.75 Å². The molecule has 0 spiro atoms. The van der Waals surface area contributed by atoms with Gasteiger partial charge in [0.05, 0.1) is 0 Å². The molecule has 1 saturated carbocycles. The van der Waals surface area contributed by atoms with Crippen molar-refractivity contribution in [1.29, 1.82) is 0 Å². The molecule has 15 heavy (non-hydrogen) atoms. The van der Waals surface area contributed by atoms with Crippen LogP contribution in [0.5, 0.6) is 5.75 Å². The van der Waals surface area contributed by atoms with E-state index in [9.17, 15) is 0 Å². The van der Waals surface area contributed by atoms with Crippen LogP contribution in [0.1, 0.15) is 31.2 Å². The lowest BCUT2D eigenvalue weighted by atomic mass is 9.90. The van der Waals surface area contributed by atoms with Crippen LogP contribution < -0.4 is 5.73 Å². The first kappa shape index (κ1) is 10.2. The zero-order chi connectivity index (χ0) is 10.7. The van der Waals surface area contributed by atoms with Crippen molar-refractivity contribution in [3.05, 3.63) is 35.4 Å². The van der Waals surface area contributed by atoms with Gasteiger partial charge in [0.2, 0.25) is 0 Å². The van der Waals surface area contributed by atoms with Crippen LogP contribution in [0.2, 0.25) is 0 Å². The van der Waals surface area contributed by atoms with Crippen LogP contribution in [0.25, 0.3) is 6.08 Å². The third-order valence-corrected chi connectivity index (χ3v) is 2.94. The average Bonchev–Trinajstić information content (AvgIpc) is 2.25. The van der Waals surface area contributed by atoms with Gasteiger partial charge in [0, 0.05) is 6.04 Å². The quantitative estimate of drug-likeness (QED) is 0.737. The van der Waals surface area contributed by atoms with E-state index >= 15 is 0 Å². The van der Waals surface area contributed by atoms with Gasteiger partial charge in [-0.05, 0) is 43.4 Å². The molecule has 1 aliphatic carbocycles. The van der Waals surface area contributed by atoms with E-state index in [4.69, 9.17) is 10.8 Å². The van der Waals surface area contributed by atoms with Crippen molar-refractivity contribution in [2.45, 2.75) is 31.7 Å². The molecular weight excluding hydrogens is 186 g/mol. The number of hydrogen-bond donors (Lipinski definition) is 2. The molecule has 0 amide bonds. The molecule has 0 atom stereocenters. The Morgan fingerprint density at radius 2 is 1.73 bits per heavy atom. The lowest BCUT2D eigenvalue weighted by molar-refractivity contribution is 0.475. The highest BCUT2D eigenvalue weighted by atomic mass is 16.3. The number of phenols is 1. The second kappa shape index (κ2) is 4.49. The van der Waals surface area contributed by atoms with E-state index in [1.807, 2.05) is 12.1 Å². The molecule has 80 valence electrons. The Balaban J connectivity index is 2.06. The molecule has 0 aromatic heterocycles. The molecule has 0 saturated heterocycles. The fraction of sp³-hybridized carbons (Fsp3) is 0.385. The van der Waals surface area contributed by atoms with Crippen LogP contribution in [-0.4, -0.2) is 11.1 Å². The van der Waals surface area contributed by atoms with Crippen LogP contribution >= 0.6 is 0 Å². The maximum Gasteiger partial charge on any atom is 0.115 e. The number of allylic oxidation sites excluding steroid dienone is 1. The zero-order valence-corrected chi connectivity index (χ0v) is 8.82. The lowest BCUT2D eigenvalue weighted by Crippen LogP contribution is -2.23. The maximum atomic E-state index is 9.16. The molecule has 0 bridgehead atoms. The smallest absolute Gasteiger partial charge is 0.115 e. The maximum absolute atomic E-state index is 9.16. The number of aromatic hydroxyl groups is 1. The van der Waals surface area contributed by atoms with Gasteiger partial charge in [-0.25, -0.2) is 0 Å². The number of phenolic OH excluding ortho intramolecular Hbond substituents is 1. The van der Waals surface area contributed by atoms with Gasteiger partial charge in [0.25, 0.3) is 0 Å². The van der Waals surface area contributed by atoms with Gasteiger partial charge >= 0.3 is 0 Å². The topological polar surface area (TPSA) is 46.2 Å². The highest BCUT2D eigenvalue weighted by Crippen LogP contribution is 2.24. The molecule has 3 N–H and O–H groups in total. The SMILES string of the molecule is NC1CCC(=Cc2ccc(O)cc2)CC1. The van der Waals surface area contributed by atoms with Gasteiger partial charge in [-0.1, -0.05) is 23.8 Å². The molecule has 2 heteroatoms. The van der Waals surface area contributed by atoms with Gasteiger partial charge in [-0.2, -0.15) is 0 Å². The molecule has 1 aliphatic rings. The summed E-state index contributed by atoms with van der Waals surface area (Å²) < 4.78 is 0. The summed E-state index contributed by atoms with van der Waals surface area (Å²) in [6, 6.07) is 7.72. The summed E-state index contributed by atoms with van der Waals surface area (Å²) >= 11 is 0. The number of benzene rings is 1. The predicted molar refractivity (Wildman–Crippen MR) is 62.5 cm³/mol. The molecular formula is C13H17NO. The van der Waals surface area contributed by atoms with Crippen molar-refractivity contribution in [2.24, 2.45) is 5.73 Å². The standard InChI is InChI=1S/C13H17NO/c14-12-5-1-10(2-6-12)9-11-3-7-13(15)8-4-11/h3-4,7-9,12,15H,1-2,5-6,14H2. The Kier molecular flexibility index (Phi) is 3.07. The van der Waals surface area contributed by atoms with Gasteiger partial charge in [-0.15, -0.1) is 0 Å². The van der Waals surface area contributed by atoms with Crippen LogP contribution in [0, 0.1) is 0 Å². The molecule has 0 radical (unpaired) electrons. The Bertz CT molecular complexity index is 343. The Morgan fingerprint density at radius 1 is 1.13 bits per heavy atom. The monoisotopic (exact) mass is 203 g/mol. The van der Waals surface area contributed by atoms with Crippen molar-refractivity contribution in [2.75, 3.05) is 0 Å². The van der Waals surface area contributed by atoms with Gasteiger partial charge in [-0.3, -0.25) is 0 Å². The summed E-state index contributed by atoms with van der Waals surface area (Å²) in [5, 5.41) is 9.16. The summed E-state index contributed by atoms with van der Waals surface area (Å²) in [7, 11) is 0. The summed E-state index contributed by atoms with van der Waals surface area (Å²) in [5.74, 6) is 0.322. The minimum Gasteiger partial charge on any atom is -0.508 e. The van der Waals surface area contributed by atoms with Crippen molar-refractivity contribution < 1.29 is 5.11 Å². The van der Waals surface area contributed by atoms with E-state index in [2.05, 4.69) is 6.08 Å². The molecule has 1 aromatic carbocycles. The summed E-state index contributed by atoms with van der Waals surface area (Å²) in [5.41, 5.74) is 8.49. The van der Waals surface area contributed by atoms with Crippen molar-refractivity contribution in [1.82, 2.24) is 0 Å². The molecule has 0 unspecified atom stereocenters. The molecule has 1 aromatic rings. The number of rotatable bonds is 1.